The van der Waals surface area contributed by atoms with Crippen LogP contribution in [0.15, 0.2) is 24.3 Å². The Labute approximate surface area is 143 Å². The van der Waals surface area contributed by atoms with Gasteiger partial charge in [0.2, 0.25) is 11.8 Å². The molecule has 1 saturated heterocycles. The molecule has 1 aliphatic rings. The summed E-state index contributed by atoms with van der Waals surface area (Å²) in [6, 6.07) is 7.73. The van der Waals surface area contributed by atoms with E-state index in [1.807, 2.05) is 36.1 Å². The van der Waals surface area contributed by atoms with E-state index < -0.39 is 0 Å². The Hall–Kier alpha value is -1.49. The van der Waals surface area contributed by atoms with Crippen LogP contribution in [0.2, 0.25) is 0 Å². The molecule has 0 aromatic heterocycles. The normalized spacial score (nSPS) is 15.6. The fourth-order valence-corrected chi connectivity index (χ4v) is 3.46. The Morgan fingerprint density at radius 3 is 2.48 bits per heavy atom. The van der Waals surface area contributed by atoms with E-state index in [0.29, 0.717) is 11.5 Å². The molecule has 1 aromatic rings. The molecule has 0 saturated carbocycles. The van der Waals surface area contributed by atoms with Crippen LogP contribution in [0.3, 0.4) is 0 Å². The number of hydrogen-bond donors (Lipinski definition) is 1. The third-order valence-corrected chi connectivity index (χ3v) is 4.89. The first-order valence-electron chi connectivity index (χ1n) is 8.37. The SMILES string of the molecule is Cc1cccc(NC(=O)CSCC(=O)N2CCCCCCC2)c1. The number of aryl methyl sites for hydroxylation is 1. The van der Waals surface area contributed by atoms with Crippen LogP contribution in [-0.4, -0.2) is 41.3 Å². The zero-order valence-corrected chi connectivity index (χ0v) is 14.7. The predicted octanol–water partition coefficient (Wildman–Crippen LogP) is 3.46. The summed E-state index contributed by atoms with van der Waals surface area (Å²) in [5, 5.41) is 2.87. The highest BCUT2D eigenvalue weighted by atomic mass is 32.2. The minimum absolute atomic E-state index is 0.0546. The quantitative estimate of drug-likeness (QED) is 0.897. The summed E-state index contributed by atoms with van der Waals surface area (Å²) in [5.74, 6) is 0.815. The number of carbonyl (C=O) groups excluding carboxylic acids is 2. The minimum atomic E-state index is -0.0546. The molecule has 0 bridgehead atoms. The van der Waals surface area contributed by atoms with Crippen molar-refractivity contribution in [3.8, 4) is 0 Å². The van der Waals surface area contributed by atoms with Crippen LogP contribution in [0.4, 0.5) is 5.69 Å². The van der Waals surface area contributed by atoms with E-state index in [1.54, 1.807) is 0 Å². The molecular weight excluding hydrogens is 308 g/mol. The Balaban J connectivity index is 1.69. The number of thioether (sulfide) groups is 1. The zero-order chi connectivity index (χ0) is 16.5. The van der Waals surface area contributed by atoms with E-state index in [1.165, 1.54) is 31.0 Å². The van der Waals surface area contributed by atoms with Gasteiger partial charge in [0, 0.05) is 18.8 Å². The number of amides is 2. The average Bonchev–Trinajstić information content (AvgIpc) is 2.46. The third-order valence-electron chi connectivity index (χ3n) is 3.97. The number of likely N-dealkylation sites (tertiary alicyclic amines) is 1. The van der Waals surface area contributed by atoms with Crippen LogP contribution in [0.5, 0.6) is 0 Å². The Morgan fingerprint density at radius 2 is 1.78 bits per heavy atom. The van der Waals surface area contributed by atoms with Gasteiger partial charge in [0.15, 0.2) is 0 Å². The summed E-state index contributed by atoms with van der Waals surface area (Å²) in [5.41, 5.74) is 1.92. The Bertz CT molecular complexity index is 526. The Kier molecular flexibility index (Phi) is 7.46. The number of hydrogen-bond acceptors (Lipinski definition) is 3. The van der Waals surface area contributed by atoms with Gasteiger partial charge < -0.3 is 10.2 Å². The van der Waals surface area contributed by atoms with E-state index in [2.05, 4.69) is 5.32 Å². The van der Waals surface area contributed by atoms with E-state index in [-0.39, 0.29) is 11.8 Å². The minimum Gasteiger partial charge on any atom is -0.342 e. The van der Waals surface area contributed by atoms with Crippen molar-refractivity contribution in [3.05, 3.63) is 29.8 Å². The number of anilines is 1. The fraction of sp³-hybridized carbons (Fsp3) is 0.556. The summed E-state index contributed by atoms with van der Waals surface area (Å²) in [6.07, 6.45) is 5.93. The highest BCUT2D eigenvalue weighted by Gasteiger charge is 2.15. The van der Waals surface area contributed by atoms with Gasteiger partial charge in [-0.05, 0) is 37.5 Å². The van der Waals surface area contributed by atoms with Crippen LogP contribution in [0, 0.1) is 6.92 Å². The molecule has 23 heavy (non-hydrogen) atoms. The van der Waals surface area contributed by atoms with Crippen molar-refractivity contribution in [1.82, 2.24) is 4.90 Å². The molecule has 2 rings (SSSR count). The lowest BCUT2D eigenvalue weighted by molar-refractivity contribution is -0.128. The number of nitrogens with zero attached hydrogens (tertiary/aromatic N) is 1. The van der Waals surface area contributed by atoms with Crippen molar-refractivity contribution < 1.29 is 9.59 Å². The average molecular weight is 334 g/mol. The van der Waals surface area contributed by atoms with Crippen LogP contribution < -0.4 is 5.32 Å². The standard InChI is InChI=1S/C18H26N2O2S/c1-15-8-7-9-16(12-15)19-17(21)13-23-14-18(22)20-10-5-3-2-4-6-11-20/h7-9,12H,2-6,10-11,13-14H2,1H3,(H,19,21). The van der Waals surface area contributed by atoms with Gasteiger partial charge in [0.25, 0.3) is 0 Å². The summed E-state index contributed by atoms with van der Waals surface area (Å²) in [4.78, 5) is 26.1. The fourth-order valence-electron chi connectivity index (χ4n) is 2.74. The lowest BCUT2D eigenvalue weighted by atomic mass is 10.1. The van der Waals surface area contributed by atoms with Crippen molar-refractivity contribution in [2.75, 3.05) is 29.9 Å². The van der Waals surface area contributed by atoms with Crippen molar-refractivity contribution in [2.24, 2.45) is 0 Å². The van der Waals surface area contributed by atoms with Crippen molar-refractivity contribution in [1.29, 1.82) is 0 Å². The molecule has 126 valence electrons. The van der Waals surface area contributed by atoms with Crippen molar-refractivity contribution in [3.63, 3.8) is 0 Å². The molecule has 1 fully saturated rings. The van der Waals surface area contributed by atoms with Gasteiger partial charge in [0.05, 0.1) is 11.5 Å². The lowest BCUT2D eigenvalue weighted by Crippen LogP contribution is -2.35. The molecule has 0 radical (unpaired) electrons. The number of carbonyl (C=O) groups is 2. The zero-order valence-electron chi connectivity index (χ0n) is 13.8. The van der Waals surface area contributed by atoms with Gasteiger partial charge >= 0.3 is 0 Å². The maximum absolute atomic E-state index is 12.2. The van der Waals surface area contributed by atoms with Gasteiger partial charge in [-0.25, -0.2) is 0 Å². The maximum Gasteiger partial charge on any atom is 0.234 e. The van der Waals surface area contributed by atoms with Gasteiger partial charge in [-0.2, -0.15) is 0 Å². The third kappa shape index (κ3) is 6.65. The molecule has 4 nitrogen and oxygen atoms in total. The molecule has 5 heteroatoms. The predicted molar refractivity (Wildman–Crippen MR) is 96.8 cm³/mol. The number of nitrogens with one attached hydrogen (secondary N) is 1. The lowest BCUT2D eigenvalue weighted by Gasteiger charge is -2.24. The van der Waals surface area contributed by atoms with Crippen molar-refractivity contribution in [2.45, 2.75) is 39.0 Å². The van der Waals surface area contributed by atoms with Crippen molar-refractivity contribution >= 4 is 29.3 Å². The van der Waals surface area contributed by atoms with Gasteiger partial charge in [-0.15, -0.1) is 11.8 Å². The van der Waals surface area contributed by atoms with Gasteiger partial charge in [-0.1, -0.05) is 31.4 Å². The maximum atomic E-state index is 12.2. The number of rotatable bonds is 5. The second kappa shape index (κ2) is 9.60. The molecule has 0 aliphatic carbocycles. The van der Waals surface area contributed by atoms with Crippen LogP contribution in [0.25, 0.3) is 0 Å². The first-order chi connectivity index (χ1) is 11.1. The smallest absolute Gasteiger partial charge is 0.234 e. The molecule has 1 aromatic carbocycles. The van der Waals surface area contributed by atoms with E-state index >= 15 is 0 Å². The second-order valence-corrected chi connectivity index (χ2v) is 7.04. The van der Waals surface area contributed by atoms with Gasteiger partial charge in [-0.3, -0.25) is 9.59 Å². The molecule has 0 atom stereocenters. The number of benzene rings is 1. The molecule has 0 spiro atoms. The highest BCUT2D eigenvalue weighted by Crippen LogP contribution is 2.13. The van der Waals surface area contributed by atoms with Crippen LogP contribution in [-0.2, 0) is 9.59 Å². The molecule has 0 unspecified atom stereocenters. The van der Waals surface area contributed by atoms with E-state index in [0.717, 1.165) is 37.2 Å². The summed E-state index contributed by atoms with van der Waals surface area (Å²) in [7, 11) is 0. The monoisotopic (exact) mass is 334 g/mol. The van der Waals surface area contributed by atoms with Gasteiger partial charge in [0.1, 0.15) is 0 Å². The largest absolute Gasteiger partial charge is 0.342 e. The molecule has 1 aliphatic heterocycles. The summed E-state index contributed by atoms with van der Waals surface area (Å²) in [6.45, 7) is 3.73. The Morgan fingerprint density at radius 1 is 1.09 bits per heavy atom. The summed E-state index contributed by atoms with van der Waals surface area (Å²) >= 11 is 1.40. The molecule has 1 heterocycles. The first kappa shape index (κ1) is 17.9. The first-order valence-corrected chi connectivity index (χ1v) is 9.52. The summed E-state index contributed by atoms with van der Waals surface area (Å²) < 4.78 is 0. The van der Waals surface area contributed by atoms with E-state index in [9.17, 15) is 9.59 Å². The second-order valence-electron chi connectivity index (χ2n) is 6.06. The molecule has 1 N–H and O–H groups in total. The van der Waals surface area contributed by atoms with Crippen LogP contribution in [0.1, 0.15) is 37.7 Å². The topological polar surface area (TPSA) is 49.4 Å². The molecule has 2 amide bonds. The van der Waals surface area contributed by atoms with Crippen LogP contribution >= 0.6 is 11.8 Å². The highest BCUT2D eigenvalue weighted by molar-refractivity contribution is 8.00. The molecular formula is C18H26N2O2S. The van der Waals surface area contributed by atoms with E-state index in [4.69, 9.17) is 0 Å².